The molecule has 0 spiro atoms. The van der Waals surface area contributed by atoms with Crippen LogP contribution in [0.3, 0.4) is 0 Å². The molecule has 0 saturated carbocycles. The van der Waals surface area contributed by atoms with Crippen molar-refractivity contribution in [3.05, 3.63) is 29.8 Å². The summed E-state index contributed by atoms with van der Waals surface area (Å²) in [6.45, 7) is 4.66. The lowest BCUT2D eigenvalue weighted by Gasteiger charge is -2.40. The molecule has 106 valence electrons. The zero-order valence-electron chi connectivity index (χ0n) is 11.8. The standard InChI is InChI=1S/C15H24N2O2/c1-15(19-2)8-3-9-17(11-15)10-14(18)12-4-6-13(16)7-5-12/h4-7,14,18H,3,8-11,16H2,1-2H3. The molecule has 2 unspecified atom stereocenters. The Morgan fingerprint density at radius 2 is 2.11 bits per heavy atom. The lowest BCUT2D eigenvalue weighted by atomic mass is 9.94. The van der Waals surface area contributed by atoms with Gasteiger partial charge in [-0.3, -0.25) is 4.90 Å². The van der Waals surface area contributed by atoms with Gasteiger partial charge in [-0.2, -0.15) is 0 Å². The number of aliphatic hydroxyl groups is 1. The molecule has 0 bridgehead atoms. The summed E-state index contributed by atoms with van der Waals surface area (Å²) in [5.74, 6) is 0. The fourth-order valence-electron chi connectivity index (χ4n) is 2.70. The zero-order valence-corrected chi connectivity index (χ0v) is 11.8. The second kappa shape index (κ2) is 5.90. The first-order valence-corrected chi connectivity index (χ1v) is 6.83. The summed E-state index contributed by atoms with van der Waals surface area (Å²) in [6.07, 6.45) is 1.72. The molecule has 4 heteroatoms. The highest BCUT2D eigenvalue weighted by molar-refractivity contribution is 5.39. The summed E-state index contributed by atoms with van der Waals surface area (Å²) in [4.78, 5) is 2.27. The SMILES string of the molecule is COC1(C)CCCN(CC(O)c2ccc(N)cc2)C1. The predicted octanol–water partition coefficient (Wildman–Crippen LogP) is 1.80. The number of β-amino-alcohol motifs (C(OH)–C–C–N with tert-alkyl or cyclic N) is 1. The molecule has 0 aromatic heterocycles. The number of hydrogen-bond acceptors (Lipinski definition) is 4. The van der Waals surface area contributed by atoms with E-state index in [0.29, 0.717) is 6.54 Å². The number of aliphatic hydroxyl groups excluding tert-OH is 1. The van der Waals surface area contributed by atoms with Crippen molar-refractivity contribution < 1.29 is 9.84 Å². The minimum absolute atomic E-state index is 0.0842. The third-order valence-electron chi connectivity index (χ3n) is 3.98. The molecule has 0 radical (unpaired) electrons. The maximum atomic E-state index is 10.3. The highest BCUT2D eigenvalue weighted by Crippen LogP contribution is 2.25. The van der Waals surface area contributed by atoms with Crippen LogP contribution in [0.1, 0.15) is 31.4 Å². The Kier molecular flexibility index (Phi) is 4.45. The number of piperidine rings is 1. The van der Waals surface area contributed by atoms with E-state index in [1.807, 2.05) is 24.3 Å². The summed E-state index contributed by atoms with van der Waals surface area (Å²) < 4.78 is 5.57. The fourth-order valence-corrected chi connectivity index (χ4v) is 2.70. The largest absolute Gasteiger partial charge is 0.399 e. The van der Waals surface area contributed by atoms with Crippen molar-refractivity contribution in [3.63, 3.8) is 0 Å². The Morgan fingerprint density at radius 3 is 2.74 bits per heavy atom. The first-order valence-electron chi connectivity index (χ1n) is 6.83. The highest BCUT2D eigenvalue weighted by Gasteiger charge is 2.31. The summed E-state index contributed by atoms with van der Waals surface area (Å²) in [7, 11) is 1.76. The second-order valence-corrected chi connectivity index (χ2v) is 5.68. The van der Waals surface area contributed by atoms with Crippen molar-refractivity contribution >= 4 is 5.69 Å². The van der Waals surface area contributed by atoms with Crippen molar-refractivity contribution in [1.29, 1.82) is 0 Å². The van der Waals surface area contributed by atoms with E-state index < -0.39 is 6.10 Å². The summed E-state index contributed by atoms with van der Waals surface area (Å²) in [5.41, 5.74) is 7.21. The van der Waals surface area contributed by atoms with Crippen molar-refractivity contribution in [1.82, 2.24) is 4.90 Å². The van der Waals surface area contributed by atoms with Gasteiger partial charge in [0, 0.05) is 25.9 Å². The molecule has 1 aromatic carbocycles. The number of nitrogens with zero attached hydrogens (tertiary/aromatic N) is 1. The molecule has 2 atom stereocenters. The molecule has 4 nitrogen and oxygen atoms in total. The Balaban J connectivity index is 1.95. The van der Waals surface area contributed by atoms with Crippen LogP contribution in [-0.4, -0.2) is 42.4 Å². The van der Waals surface area contributed by atoms with Gasteiger partial charge in [-0.15, -0.1) is 0 Å². The van der Waals surface area contributed by atoms with Gasteiger partial charge >= 0.3 is 0 Å². The number of methoxy groups -OCH3 is 1. The molecule has 0 aliphatic carbocycles. The van der Waals surface area contributed by atoms with Crippen molar-refractivity contribution in [2.24, 2.45) is 0 Å². The van der Waals surface area contributed by atoms with Gasteiger partial charge in [0.25, 0.3) is 0 Å². The number of ether oxygens (including phenoxy) is 1. The smallest absolute Gasteiger partial charge is 0.0916 e. The van der Waals surface area contributed by atoms with E-state index in [4.69, 9.17) is 10.5 Å². The number of nitrogens with two attached hydrogens (primary N) is 1. The summed E-state index contributed by atoms with van der Waals surface area (Å²) in [6, 6.07) is 7.43. The van der Waals surface area contributed by atoms with E-state index in [1.54, 1.807) is 7.11 Å². The van der Waals surface area contributed by atoms with Gasteiger partial charge in [0.05, 0.1) is 11.7 Å². The van der Waals surface area contributed by atoms with Gasteiger partial charge in [-0.05, 0) is 44.0 Å². The molecule has 0 amide bonds. The molecule has 1 heterocycles. The van der Waals surface area contributed by atoms with Crippen LogP contribution in [0, 0.1) is 0 Å². The molecule has 1 aliphatic rings. The van der Waals surface area contributed by atoms with Crippen molar-refractivity contribution in [3.8, 4) is 0 Å². The quantitative estimate of drug-likeness (QED) is 0.814. The summed E-state index contributed by atoms with van der Waals surface area (Å²) in [5, 5.41) is 10.3. The molecular formula is C15H24N2O2. The molecular weight excluding hydrogens is 240 g/mol. The summed E-state index contributed by atoms with van der Waals surface area (Å²) >= 11 is 0. The third-order valence-corrected chi connectivity index (χ3v) is 3.98. The molecule has 1 saturated heterocycles. The lowest BCUT2D eigenvalue weighted by Crippen LogP contribution is -2.48. The molecule has 19 heavy (non-hydrogen) atoms. The van der Waals surface area contributed by atoms with E-state index >= 15 is 0 Å². The van der Waals surface area contributed by atoms with E-state index in [-0.39, 0.29) is 5.60 Å². The van der Waals surface area contributed by atoms with Crippen LogP contribution in [0.2, 0.25) is 0 Å². The second-order valence-electron chi connectivity index (χ2n) is 5.68. The zero-order chi connectivity index (χ0) is 13.9. The minimum Gasteiger partial charge on any atom is -0.399 e. The van der Waals surface area contributed by atoms with E-state index in [2.05, 4.69) is 11.8 Å². The monoisotopic (exact) mass is 264 g/mol. The number of rotatable bonds is 4. The average molecular weight is 264 g/mol. The minimum atomic E-state index is -0.472. The van der Waals surface area contributed by atoms with Gasteiger partial charge in [0.1, 0.15) is 0 Å². The van der Waals surface area contributed by atoms with Crippen molar-refractivity contribution in [2.75, 3.05) is 32.5 Å². The lowest BCUT2D eigenvalue weighted by molar-refractivity contribution is -0.0586. The number of nitrogen functional groups attached to an aromatic ring is 1. The first-order chi connectivity index (χ1) is 9.02. The van der Waals surface area contributed by atoms with Crippen LogP contribution < -0.4 is 5.73 Å². The van der Waals surface area contributed by atoms with Gasteiger partial charge in [0.2, 0.25) is 0 Å². The fraction of sp³-hybridized carbons (Fsp3) is 0.600. The third kappa shape index (κ3) is 3.69. The van der Waals surface area contributed by atoms with Gasteiger partial charge in [-0.25, -0.2) is 0 Å². The highest BCUT2D eigenvalue weighted by atomic mass is 16.5. The van der Waals surface area contributed by atoms with Crippen LogP contribution >= 0.6 is 0 Å². The van der Waals surface area contributed by atoms with Gasteiger partial charge in [-0.1, -0.05) is 12.1 Å². The molecule has 1 fully saturated rings. The normalized spacial score (nSPS) is 26.3. The van der Waals surface area contributed by atoms with E-state index in [9.17, 15) is 5.11 Å². The van der Waals surface area contributed by atoms with Crippen LogP contribution in [0.25, 0.3) is 0 Å². The van der Waals surface area contributed by atoms with Crippen LogP contribution in [-0.2, 0) is 4.74 Å². The van der Waals surface area contributed by atoms with Gasteiger partial charge in [0.15, 0.2) is 0 Å². The van der Waals surface area contributed by atoms with Crippen LogP contribution in [0.4, 0.5) is 5.69 Å². The number of hydrogen-bond donors (Lipinski definition) is 2. The predicted molar refractivity (Wildman–Crippen MR) is 76.9 cm³/mol. The number of anilines is 1. The topological polar surface area (TPSA) is 58.7 Å². The molecule has 2 rings (SSSR count). The Hall–Kier alpha value is -1.10. The maximum absolute atomic E-state index is 10.3. The van der Waals surface area contributed by atoms with E-state index in [1.165, 1.54) is 0 Å². The molecule has 1 aromatic rings. The number of likely N-dealkylation sites (tertiary alicyclic amines) is 1. The molecule has 3 N–H and O–H groups in total. The Labute approximate surface area is 115 Å². The van der Waals surface area contributed by atoms with Crippen LogP contribution in [0.5, 0.6) is 0 Å². The maximum Gasteiger partial charge on any atom is 0.0916 e. The van der Waals surface area contributed by atoms with Crippen LogP contribution in [0.15, 0.2) is 24.3 Å². The Morgan fingerprint density at radius 1 is 1.42 bits per heavy atom. The first kappa shape index (κ1) is 14.3. The Bertz CT molecular complexity index is 407. The van der Waals surface area contributed by atoms with E-state index in [0.717, 1.165) is 37.2 Å². The number of benzene rings is 1. The van der Waals surface area contributed by atoms with Gasteiger partial charge < -0.3 is 15.6 Å². The average Bonchev–Trinajstić information content (AvgIpc) is 2.39. The molecule has 1 aliphatic heterocycles. The van der Waals surface area contributed by atoms with Crippen molar-refractivity contribution in [2.45, 2.75) is 31.5 Å².